The number of allylic oxidation sites excluding steroid dienone is 1. The molecule has 0 aromatic heterocycles. The maximum atomic E-state index is 5.47. The van der Waals surface area contributed by atoms with E-state index in [1.165, 1.54) is 0 Å². The molecule has 1 aromatic carbocycles. The maximum absolute atomic E-state index is 5.47. The first-order valence-electron chi connectivity index (χ1n) is 4.27. The molecule has 0 heterocycles. The van der Waals surface area contributed by atoms with Crippen LogP contribution in [0.1, 0.15) is 0 Å². The van der Waals surface area contributed by atoms with Crippen molar-refractivity contribution in [2.24, 2.45) is 0 Å². The van der Waals surface area contributed by atoms with E-state index in [0.717, 1.165) is 0 Å². The van der Waals surface area contributed by atoms with Gasteiger partial charge in [0.2, 0.25) is 0 Å². The molecule has 0 aliphatic rings. The van der Waals surface area contributed by atoms with E-state index in [1.807, 2.05) is 24.3 Å². The SMILES string of the molecule is COc1ccc[c]c1OCC=CCCl. The van der Waals surface area contributed by atoms with Crippen LogP contribution in [0.25, 0.3) is 0 Å². The Morgan fingerprint density at radius 3 is 3.07 bits per heavy atom. The molecule has 0 aliphatic carbocycles. The molecule has 75 valence electrons. The Hall–Kier alpha value is -1.15. The number of rotatable bonds is 5. The van der Waals surface area contributed by atoms with E-state index in [0.29, 0.717) is 24.0 Å². The van der Waals surface area contributed by atoms with Crippen LogP contribution in [-0.2, 0) is 0 Å². The van der Waals surface area contributed by atoms with E-state index in [2.05, 4.69) is 6.07 Å². The summed E-state index contributed by atoms with van der Waals surface area (Å²) in [5.74, 6) is 1.81. The van der Waals surface area contributed by atoms with Gasteiger partial charge in [-0.05, 0) is 6.07 Å². The van der Waals surface area contributed by atoms with Crippen molar-refractivity contribution in [1.29, 1.82) is 0 Å². The van der Waals surface area contributed by atoms with Crippen LogP contribution in [0.4, 0.5) is 0 Å². The summed E-state index contributed by atoms with van der Waals surface area (Å²) in [4.78, 5) is 0. The summed E-state index contributed by atoms with van der Waals surface area (Å²) in [6, 6.07) is 8.41. The molecule has 0 amide bonds. The molecule has 0 atom stereocenters. The Morgan fingerprint density at radius 1 is 1.50 bits per heavy atom. The van der Waals surface area contributed by atoms with Gasteiger partial charge >= 0.3 is 0 Å². The molecule has 1 aromatic rings. The van der Waals surface area contributed by atoms with Crippen molar-refractivity contribution < 1.29 is 9.47 Å². The van der Waals surface area contributed by atoms with Crippen molar-refractivity contribution >= 4 is 11.6 Å². The highest BCUT2D eigenvalue weighted by molar-refractivity contribution is 6.18. The summed E-state index contributed by atoms with van der Waals surface area (Å²) < 4.78 is 10.5. The highest BCUT2D eigenvalue weighted by atomic mass is 35.5. The van der Waals surface area contributed by atoms with E-state index in [-0.39, 0.29) is 0 Å². The summed E-state index contributed by atoms with van der Waals surface area (Å²) in [5.41, 5.74) is 0. The van der Waals surface area contributed by atoms with Gasteiger partial charge in [0.25, 0.3) is 0 Å². The fourth-order valence-electron chi connectivity index (χ4n) is 0.942. The molecule has 2 nitrogen and oxygen atoms in total. The van der Waals surface area contributed by atoms with Crippen LogP contribution in [0, 0.1) is 6.07 Å². The molecular formula is C11H12ClO2. The molecule has 0 unspecified atom stereocenters. The average Bonchev–Trinajstić information content (AvgIpc) is 2.25. The van der Waals surface area contributed by atoms with E-state index < -0.39 is 0 Å². The molecule has 0 saturated carbocycles. The number of benzene rings is 1. The van der Waals surface area contributed by atoms with Crippen molar-refractivity contribution in [3.8, 4) is 11.5 Å². The minimum atomic E-state index is 0.476. The lowest BCUT2D eigenvalue weighted by molar-refractivity contribution is 0.325. The van der Waals surface area contributed by atoms with Crippen LogP contribution in [-0.4, -0.2) is 19.6 Å². The van der Waals surface area contributed by atoms with Gasteiger partial charge in [-0.1, -0.05) is 24.3 Å². The second kappa shape index (κ2) is 6.33. The number of para-hydroxylation sites is 1. The maximum Gasteiger partial charge on any atom is 0.169 e. The Kier molecular flexibility index (Phi) is 4.94. The second-order valence-corrected chi connectivity index (χ2v) is 2.81. The summed E-state index contributed by atoms with van der Waals surface area (Å²) >= 11 is 5.47. The Bertz CT molecular complexity index is 297. The smallest absolute Gasteiger partial charge is 0.169 e. The van der Waals surface area contributed by atoms with E-state index in [9.17, 15) is 0 Å². The predicted octanol–water partition coefficient (Wildman–Crippen LogP) is 2.67. The molecule has 3 heteroatoms. The zero-order valence-corrected chi connectivity index (χ0v) is 8.75. The lowest BCUT2D eigenvalue weighted by atomic mass is 10.3. The van der Waals surface area contributed by atoms with Crippen LogP contribution in [0.15, 0.2) is 30.4 Å². The molecule has 0 N–H and O–H groups in total. The monoisotopic (exact) mass is 211 g/mol. The lowest BCUT2D eigenvalue weighted by Crippen LogP contribution is -1.96. The van der Waals surface area contributed by atoms with Crippen molar-refractivity contribution in [3.63, 3.8) is 0 Å². The third-order valence-corrected chi connectivity index (χ3v) is 1.76. The van der Waals surface area contributed by atoms with Crippen LogP contribution in [0.3, 0.4) is 0 Å². The van der Waals surface area contributed by atoms with Crippen molar-refractivity contribution in [2.45, 2.75) is 0 Å². The van der Waals surface area contributed by atoms with Crippen LogP contribution in [0.2, 0.25) is 0 Å². The third-order valence-electron chi connectivity index (χ3n) is 1.58. The summed E-state index contributed by atoms with van der Waals surface area (Å²) in [7, 11) is 1.60. The molecule has 1 rings (SSSR count). The highest BCUT2D eigenvalue weighted by Crippen LogP contribution is 2.24. The van der Waals surface area contributed by atoms with Crippen LogP contribution >= 0.6 is 11.6 Å². The molecule has 0 bridgehead atoms. The first-order valence-corrected chi connectivity index (χ1v) is 4.80. The minimum Gasteiger partial charge on any atom is -0.493 e. The summed E-state index contributed by atoms with van der Waals surface area (Å²) in [6.07, 6.45) is 3.68. The van der Waals surface area contributed by atoms with Crippen molar-refractivity contribution in [1.82, 2.24) is 0 Å². The highest BCUT2D eigenvalue weighted by Gasteiger charge is 2.00. The molecule has 0 spiro atoms. The van der Waals surface area contributed by atoms with Gasteiger partial charge in [-0.3, -0.25) is 0 Å². The van der Waals surface area contributed by atoms with Gasteiger partial charge < -0.3 is 9.47 Å². The number of ether oxygens (including phenoxy) is 2. The average molecular weight is 212 g/mol. The first kappa shape index (κ1) is 10.9. The zero-order valence-electron chi connectivity index (χ0n) is 8.00. The molecule has 1 radical (unpaired) electrons. The molecule has 14 heavy (non-hydrogen) atoms. The number of alkyl halides is 1. The molecule has 0 aliphatic heterocycles. The van der Waals surface area contributed by atoms with Crippen LogP contribution < -0.4 is 9.47 Å². The zero-order chi connectivity index (χ0) is 10.2. The molecular weight excluding hydrogens is 200 g/mol. The van der Waals surface area contributed by atoms with Gasteiger partial charge in [0.05, 0.1) is 7.11 Å². The lowest BCUT2D eigenvalue weighted by Gasteiger charge is -2.07. The summed E-state index contributed by atoms with van der Waals surface area (Å²) in [5, 5.41) is 0. The van der Waals surface area contributed by atoms with E-state index >= 15 is 0 Å². The quantitative estimate of drug-likeness (QED) is 0.551. The second-order valence-electron chi connectivity index (χ2n) is 2.50. The van der Waals surface area contributed by atoms with Crippen molar-refractivity contribution in [3.05, 3.63) is 36.4 Å². The standard InChI is InChI=1S/C11H12ClO2/c1-13-10-6-2-3-7-11(10)14-9-5-4-8-12/h2-6H,8-9H2,1H3. The fourth-order valence-corrected chi connectivity index (χ4v) is 1.07. The van der Waals surface area contributed by atoms with Crippen molar-refractivity contribution in [2.75, 3.05) is 19.6 Å². The summed E-state index contributed by atoms with van der Waals surface area (Å²) in [6.45, 7) is 0.476. The molecule has 0 fully saturated rings. The van der Waals surface area contributed by atoms with E-state index in [4.69, 9.17) is 21.1 Å². The van der Waals surface area contributed by atoms with E-state index in [1.54, 1.807) is 13.2 Å². The van der Waals surface area contributed by atoms with Gasteiger partial charge in [-0.2, -0.15) is 0 Å². The van der Waals surface area contributed by atoms with Gasteiger partial charge in [0.15, 0.2) is 11.5 Å². The Balaban J connectivity index is 2.53. The predicted molar refractivity (Wildman–Crippen MR) is 57.2 cm³/mol. The van der Waals surface area contributed by atoms with Crippen LogP contribution in [0.5, 0.6) is 11.5 Å². The number of hydrogen-bond acceptors (Lipinski definition) is 2. The number of methoxy groups -OCH3 is 1. The van der Waals surface area contributed by atoms with Gasteiger partial charge in [-0.15, -0.1) is 11.6 Å². The van der Waals surface area contributed by atoms with Gasteiger partial charge in [0, 0.05) is 11.9 Å². The topological polar surface area (TPSA) is 18.5 Å². The molecule has 0 saturated heterocycles. The fraction of sp³-hybridized carbons (Fsp3) is 0.273. The normalized spacial score (nSPS) is 10.4. The van der Waals surface area contributed by atoms with Gasteiger partial charge in [-0.25, -0.2) is 0 Å². The number of hydrogen-bond donors (Lipinski definition) is 0. The Morgan fingerprint density at radius 2 is 2.36 bits per heavy atom. The largest absolute Gasteiger partial charge is 0.493 e. The van der Waals surface area contributed by atoms with Gasteiger partial charge in [0.1, 0.15) is 6.61 Å². The Labute approximate surface area is 89.1 Å². The minimum absolute atomic E-state index is 0.476. The third kappa shape index (κ3) is 3.30. The number of halogens is 1. The first-order chi connectivity index (χ1) is 6.88.